The molecule has 2 nitrogen and oxygen atoms in total. The number of anilines is 1. The van der Waals surface area contributed by atoms with Crippen molar-refractivity contribution in [1.29, 1.82) is 0 Å². The van der Waals surface area contributed by atoms with Crippen molar-refractivity contribution in [1.82, 2.24) is 4.98 Å². The Morgan fingerprint density at radius 2 is 1.70 bits per heavy atom. The molecule has 0 saturated carbocycles. The molecule has 0 radical (unpaired) electrons. The monoisotopic (exact) mass is 308 g/mol. The van der Waals surface area contributed by atoms with Crippen LogP contribution in [0.3, 0.4) is 0 Å². The highest BCUT2D eigenvalue weighted by molar-refractivity contribution is 5.48. The van der Waals surface area contributed by atoms with E-state index in [9.17, 15) is 0 Å². The lowest BCUT2D eigenvalue weighted by Gasteiger charge is -2.39. The summed E-state index contributed by atoms with van der Waals surface area (Å²) in [5, 5.41) is 0. The molecule has 122 valence electrons. The molecule has 2 aromatic rings. The van der Waals surface area contributed by atoms with E-state index in [1.54, 1.807) is 0 Å². The summed E-state index contributed by atoms with van der Waals surface area (Å²) in [5.74, 6) is 0.851. The third kappa shape index (κ3) is 4.13. The summed E-state index contributed by atoms with van der Waals surface area (Å²) < 4.78 is 0. The number of aromatic nitrogens is 1. The van der Waals surface area contributed by atoms with Gasteiger partial charge < -0.3 is 4.90 Å². The Hall–Kier alpha value is -1.83. The van der Waals surface area contributed by atoms with Crippen LogP contribution in [-0.4, -0.2) is 18.1 Å². The summed E-state index contributed by atoms with van der Waals surface area (Å²) in [4.78, 5) is 6.73. The lowest BCUT2D eigenvalue weighted by atomic mass is 9.75. The molecule has 0 spiro atoms. The number of benzene rings is 1. The van der Waals surface area contributed by atoms with Gasteiger partial charge in [-0.3, -0.25) is 4.98 Å². The van der Waals surface area contributed by atoms with Crippen LogP contribution in [0.4, 0.5) is 5.69 Å². The molecule has 0 N–H and O–H groups in total. The highest BCUT2D eigenvalue weighted by Crippen LogP contribution is 2.35. The predicted molar refractivity (Wildman–Crippen MR) is 97.9 cm³/mol. The van der Waals surface area contributed by atoms with Crippen LogP contribution in [0.25, 0.3) is 0 Å². The van der Waals surface area contributed by atoms with Crippen molar-refractivity contribution in [2.45, 2.75) is 40.0 Å². The molecule has 23 heavy (non-hydrogen) atoms. The normalized spacial score (nSPS) is 16.6. The first kappa shape index (κ1) is 16.0. The van der Waals surface area contributed by atoms with E-state index >= 15 is 0 Å². The number of nitrogens with zero attached hydrogens (tertiary/aromatic N) is 2. The van der Waals surface area contributed by atoms with E-state index in [2.05, 4.69) is 61.0 Å². The first-order valence-corrected chi connectivity index (χ1v) is 8.75. The smallest absolute Gasteiger partial charge is 0.0366 e. The zero-order valence-corrected chi connectivity index (χ0v) is 14.6. The summed E-state index contributed by atoms with van der Waals surface area (Å²) in [7, 11) is 0. The zero-order valence-electron chi connectivity index (χ0n) is 14.6. The molecule has 1 aromatic carbocycles. The average Bonchev–Trinajstić information content (AvgIpc) is 2.56. The molecule has 0 bridgehead atoms. The maximum absolute atomic E-state index is 4.19. The summed E-state index contributed by atoms with van der Waals surface area (Å²) in [5.41, 5.74) is 4.43. The third-order valence-electron chi connectivity index (χ3n) is 5.15. The van der Waals surface area contributed by atoms with Crippen LogP contribution in [0.1, 0.15) is 44.7 Å². The Balaban J connectivity index is 1.60. The minimum atomic E-state index is 0.444. The number of rotatable bonds is 3. The van der Waals surface area contributed by atoms with Crippen LogP contribution in [0.15, 0.2) is 48.8 Å². The molecular formula is C21H28N2. The first-order chi connectivity index (χ1) is 11.0. The molecule has 1 aliphatic rings. The highest BCUT2D eigenvalue weighted by atomic mass is 15.1. The van der Waals surface area contributed by atoms with Crippen molar-refractivity contribution in [3.05, 3.63) is 59.9 Å². The molecule has 1 fully saturated rings. The van der Waals surface area contributed by atoms with Gasteiger partial charge in [-0.2, -0.15) is 0 Å². The largest absolute Gasteiger partial charge is 0.372 e. The topological polar surface area (TPSA) is 16.1 Å². The Kier molecular flexibility index (Phi) is 4.70. The second kappa shape index (κ2) is 6.74. The van der Waals surface area contributed by atoms with E-state index in [4.69, 9.17) is 0 Å². The zero-order chi connectivity index (χ0) is 16.3. The van der Waals surface area contributed by atoms with E-state index in [0.29, 0.717) is 5.41 Å². The number of hydrogen-bond acceptors (Lipinski definition) is 2. The van der Waals surface area contributed by atoms with Crippen LogP contribution < -0.4 is 4.90 Å². The molecule has 0 aliphatic carbocycles. The van der Waals surface area contributed by atoms with Gasteiger partial charge in [0, 0.05) is 31.2 Å². The van der Waals surface area contributed by atoms with Gasteiger partial charge in [-0.05, 0) is 59.9 Å². The molecule has 0 amide bonds. The maximum Gasteiger partial charge on any atom is 0.0366 e. The fraction of sp³-hybridized carbons (Fsp3) is 0.476. The fourth-order valence-corrected chi connectivity index (χ4v) is 3.57. The van der Waals surface area contributed by atoms with Gasteiger partial charge >= 0.3 is 0 Å². The Labute approximate surface area is 140 Å². The Bertz CT molecular complexity index is 603. The van der Waals surface area contributed by atoms with Crippen LogP contribution in [-0.2, 0) is 6.42 Å². The average molecular weight is 308 g/mol. The lowest BCUT2D eigenvalue weighted by molar-refractivity contribution is 0.199. The van der Waals surface area contributed by atoms with Crippen molar-refractivity contribution in [3.63, 3.8) is 0 Å². The highest BCUT2D eigenvalue weighted by Gasteiger charge is 2.28. The molecule has 1 saturated heterocycles. The Morgan fingerprint density at radius 3 is 2.26 bits per heavy atom. The van der Waals surface area contributed by atoms with Crippen molar-refractivity contribution >= 4 is 5.69 Å². The van der Waals surface area contributed by atoms with Gasteiger partial charge in [-0.15, -0.1) is 0 Å². The number of piperidine rings is 1. The van der Waals surface area contributed by atoms with Gasteiger partial charge in [0.25, 0.3) is 0 Å². The van der Waals surface area contributed by atoms with E-state index in [1.165, 1.54) is 42.7 Å². The number of pyridine rings is 1. The van der Waals surface area contributed by atoms with Crippen LogP contribution in [0, 0.1) is 11.3 Å². The second-order valence-electron chi connectivity index (χ2n) is 7.83. The van der Waals surface area contributed by atoms with Crippen LogP contribution in [0.5, 0.6) is 0 Å². The standard InChI is InChI=1S/C21H28N2/c1-21(2,3)19-10-13-23(14-11-19)20-8-6-17(7-9-20)15-18-5-4-12-22-16-18/h4-9,12,16,19H,10-11,13-15H2,1-3H3. The molecule has 0 unspecified atom stereocenters. The SMILES string of the molecule is CC(C)(C)C1CCN(c2ccc(Cc3cccnc3)cc2)CC1. The summed E-state index contributed by atoms with van der Waals surface area (Å²) in [6, 6.07) is 13.2. The van der Waals surface area contributed by atoms with Crippen molar-refractivity contribution in [3.8, 4) is 0 Å². The molecular weight excluding hydrogens is 280 g/mol. The maximum atomic E-state index is 4.19. The molecule has 1 aromatic heterocycles. The van der Waals surface area contributed by atoms with Gasteiger partial charge in [0.05, 0.1) is 0 Å². The van der Waals surface area contributed by atoms with E-state index in [0.717, 1.165) is 12.3 Å². The predicted octanol–water partition coefficient (Wildman–Crippen LogP) is 4.93. The molecule has 2 heterocycles. The quantitative estimate of drug-likeness (QED) is 0.799. The Morgan fingerprint density at radius 1 is 1.00 bits per heavy atom. The van der Waals surface area contributed by atoms with E-state index in [1.807, 2.05) is 18.5 Å². The molecule has 1 aliphatic heterocycles. The van der Waals surface area contributed by atoms with Gasteiger partial charge in [0.15, 0.2) is 0 Å². The lowest BCUT2D eigenvalue weighted by Crippen LogP contribution is -2.37. The van der Waals surface area contributed by atoms with Crippen molar-refractivity contribution in [2.24, 2.45) is 11.3 Å². The minimum Gasteiger partial charge on any atom is -0.372 e. The number of hydrogen-bond donors (Lipinski definition) is 0. The van der Waals surface area contributed by atoms with Gasteiger partial charge in [0.2, 0.25) is 0 Å². The van der Waals surface area contributed by atoms with E-state index in [-0.39, 0.29) is 0 Å². The summed E-state index contributed by atoms with van der Waals surface area (Å²) >= 11 is 0. The second-order valence-corrected chi connectivity index (χ2v) is 7.83. The van der Waals surface area contributed by atoms with Gasteiger partial charge in [-0.1, -0.05) is 39.0 Å². The summed E-state index contributed by atoms with van der Waals surface area (Å²) in [6.45, 7) is 9.50. The molecule has 2 heteroatoms. The first-order valence-electron chi connectivity index (χ1n) is 8.75. The van der Waals surface area contributed by atoms with Crippen LogP contribution >= 0.6 is 0 Å². The van der Waals surface area contributed by atoms with Crippen molar-refractivity contribution in [2.75, 3.05) is 18.0 Å². The summed E-state index contributed by atoms with van der Waals surface area (Å²) in [6.07, 6.45) is 7.35. The van der Waals surface area contributed by atoms with E-state index < -0.39 is 0 Å². The molecule has 3 rings (SSSR count). The van der Waals surface area contributed by atoms with Crippen LogP contribution in [0.2, 0.25) is 0 Å². The van der Waals surface area contributed by atoms with Crippen molar-refractivity contribution < 1.29 is 0 Å². The van der Waals surface area contributed by atoms with Gasteiger partial charge in [-0.25, -0.2) is 0 Å². The fourth-order valence-electron chi connectivity index (χ4n) is 3.57. The molecule has 0 atom stereocenters. The minimum absolute atomic E-state index is 0.444. The van der Waals surface area contributed by atoms with Gasteiger partial charge in [0.1, 0.15) is 0 Å². The third-order valence-corrected chi connectivity index (χ3v) is 5.15.